The maximum absolute atomic E-state index is 11.5. The largest absolute Gasteiger partial charge is 0.465 e. The van der Waals surface area contributed by atoms with Crippen LogP contribution in [0.15, 0.2) is 0 Å². The molecule has 0 aromatic carbocycles. The molecule has 5 nitrogen and oxygen atoms in total. The second-order valence-corrected chi connectivity index (χ2v) is 7.68. The van der Waals surface area contributed by atoms with Gasteiger partial charge >= 0.3 is 5.97 Å². The molecule has 6 heteroatoms. The minimum atomic E-state index is -3.14. The van der Waals surface area contributed by atoms with Gasteiger partial charge in [0.2, 0.25) is 10.0 Å². The first-order valence-electron chi connectivity index (χ1n) is 6.38. The van der Waals surface area contributed by atoms with Gasteiger partial charge in [-0.2, -0.15) is 0 Å². The fourth-order valence-corrected chi connectivity index (χ4v) is 2.74. The molecule has 0 bridgehead atoms. The third-order valence-electron chi connectivity index (χ3n) is 2.58. The quantitative estimate of drug-likeness (QED) is 0.564. The fraction of sp³-hybridized carbons (Fsp3) is 0.917. The predicted octanol–water partition coefficient (Wildman–Crippen LogP) is 1.44. The van der Waals surface area contributed by atoms with Gasteiger partial charge in [0.15, 0.2) is 0 Å². The molecule has 0 heterocycles. The summed E-state index contributed by atoms with van der Waals surface area (Å²) >= 11 is 0. The minimum Gasteiger partial charge on any atom is -0.465 e. The van der Waals surface area contributed by atoms with Crippen molar-refractivity contribution in [1.29, 1.82) is 0 Å². The van der Waals surface area contributed by atoms with Crippen LogP contribution in [-0.4, -0.2) is 32.8 Å². The van der Waals surface area contributed by atoms with Gasteiger partial charge in [0, 0.05) is 6.04 Å². The average molecular weight is 277 g/mol. The molecule has 0 unspecified atom stereocenters. The molecule has 0 atom stereocenters. The Labute approximate surface area is 109 Å². The van der Waals surface area contributed by atoms with Crippen LogP contribution in [0.5, 0.6) is 0 Å². The molecule has 106 valence electrons. The van der Waals surface area contributed by atoms with Gasteiger partial charge in [-0.15, -0.1) is 0 Å². The smallest absolute Gasteiger partial charge is 0.311 e. The van der Waals surface area contributed by atoms with Gasteiger partial charge in [-0.3, -0.25) is 4.79 Å². The molecule has 1 rings (SSSR count). The number of hydrogen-bond donors (Lipinski definition) is 1. The Morgan fingerprint density at radius 2 is 1.89 bits per heavy atom. The van der Waals surface area contributed by atoms with Crippen molar-refractivity contribution in [3.05, 3.63) is 0 Å². The molecule has 0 aromatic heterocycles. The summed E-state index contributed by atoms with van der Waals surface area (Å²) in [5.74, 6) is -0.141. The van der Waals surface area contributed by atoms with Crippen LogP contribution in [0, 0.1) is 5.41 Å². The first-order valence-corrected chi connectivity index (χ1v) is 8.03. The molecule has 0 amide bonds. The molecule has 0 radical (unpaired) electrons. The number of hydrogen-bond acceptors (Lipinski definition) is 4. The van der Waals surface area contributed by atoms with Crippen molar-refractivity contribution in [3.63, 3.8) is 0 Å². The second-order valence-electron chi connectivity index (χ2n) is 5.80. The van der Waals surface area contributed by atoms with Crippen molar-refractivity contribution in [2.24, 2.45) is 5.41 Å². The van der Waals surface area contributed by atoms with E-state index in [4.69, 9.17) is 4.74 Å². The number of unbranched alkanes of at least 4 members (excludes halogenated alkanes) is 1. The lowest BCUT2D eigenvalue weighted by molar-refractivity contribution is -0.153. The van der Waals surface area contributed by atoms with E-state index < -0.39 is 15.4 Å². The summed E-state index contributed by atoms with van der Waals surface area (Å²) in [6, 6.07) is 0.161. The summed E-state index contributed by atoms with van der Waals surface area (Å²) in [6.45, 7) is 5.66. The first-order chi connectivity index (χ1) is 8.21. The van der Waals surface area contributed by atoms with E-state index in [2.05, 4.69) is 4.72 Å². The number of carbonyl (C=O) groups excluding carboxylic acids is 1. The lowest BCUT2D eigenvalue weighted by Gasteiger charge is -2.16. The van der Waals surface area contributed by atoms with Gasteiger partial charge < -0.3 is 4.74 Å². The molecule has 0 saturated heterocycles. The normalized spacial score (nSPS) is 16.6. The van der Waals surface area contributed by atoms with Crippen LogP contribution < -0.4 is 4.72 Å². The highest BCUT2D eigenvalue weighted by molar-refractivity contribution is 7.89. The zero-order valence-corrected chi connectivity index (χ0v) is 12.2. The number of esters is 1. The molecule has 1 fully saturated rings. The molecule has 18 heavy (non-hydrogen) atoms. The van der Waals surface area contributed by atoms with Gasteiger partial charge in [-0.1, -0.05) is 0 Å². The second kappa shape index (κ2) is 6.02. The van der Waals surface area contributed by atoms with Crippen molar-refractivity contribution >= 4 is 16.0 Å². The van der Waals surface area contributed by atoms with E-state index in [-0.39, 0.29) is 24.4 Å². The van der Waals surface area contributed by atoms with E-state index in [1.54, 1.807) is 20.8 Å². The third kappa shape index (κ3) is 6.35. The van der Waals surface area contributed by atoms with E-state index in [0.29, 0.717) is 12.8 Å². The minimum absolute atomic E-state index is 0.108. The highest BCUT2D eigenvalue weighted by Gasteiger charge is 2.26. The average Bonchev–Trinajstić information content (AvgIpc) is 2.98. The summed E-state index contributed by atoms with van der Waals surface area (Å²) in [7, 11) is -3.14. The number of sulfonamides is 1. The number of nitrogens with one attached hydrogen (secondary N) is 1. The topological polar surface area (TPSA) is 72.5 Å². The molecule has 1 aliphatic carbocycles. The van der Waals surface area contributed by atoms with E-state index in [0.717, 1.165) is 12.8 Å². The highest BCUT2D eigenvalue weighted by atomic mass is 32.2. The highest BCUT2D eigenvalue weighted by Crippen LogP contribution is 2.20. The summed E-state index contributed by atoms with van der Waals surface area (Å²) in [5.41, 5.74) is -0.500. The predicted molar refractivity (Wildman–Crippen MR) is 69.6 cm³/mol. The SMILES string of the molecule is CC(C)(C)C(=O)OCCCCS(=O)(=O)NC1CC1. The van der Waals surface area contributed by atoms with Gasteiger partial charge in [-0.05, 0) is 46.5 Å². The van der Waals surface area contributed by atoms with Crippen molar-refractivity contribution in [3.8, 4) is 0 Å². The summed E-state index contributed by atoms with van der Waals surface area (Å²) in [5, 5.41) is 0. The van der Waals surface area contributed by atoms with Crippen molar-refractivity contribution in [2.75, 3.05) is 12.4 Å². The number of carbonyl (C=O) groups is 1. The summed E-state index contributed by atoms with van der Waals surface area (Å²) < 4.78 is 30.7. The van der Waals surface area contributed by atoms with Gasteiger partial charge in [-0.25, -0.2) is 13.1 Å². The standard InChI is InChI=1S/C12H23NO4S/c1-12(2,3)11(14)17-8-4-5-9-18(15,16)13-10-6-7-10/h10,13H,4-9H2,1-3H3. The number of rotatable bonds is 7. The monoisotopic (exact) mass is 277 g/mol. The molecule has 1 aliphatic rings. The Morgan fingerprint density at radius 3 is 2.39 bits per heavy atom. The zero-order chi connectivity index (χ0) is 13.8. The Balaban J connectivity index is 2.09. The summed E-state index contributed by atoms with van der Waals surface area (Å²) in [6.07, 6.45) is 2.98. The van der Waals surface area contributed by atoms with Gasteiger partial charge in [0.05, 0.1) is 17.8 Å². The molecule has 1 saturated carbocycles. The van der Waals surface area contributed by atoms with E-state index >= 15 is 0 Å². The van der Waals surface area contributed by atoms with Gasteiger partial charge in [0.1, 0.15) is 0 Å². The Bertz CT molecular complexity index is 379. The fourth-order valence-electron chi connectivity index (χ4n) is 1.29. The number of ether oxygens (including phenoxy) is 1. The summed E-state index contributed by atoms with van der Waals surface area (Å²) in [4.78, 5) is 11.4. The Morgan fingerprint density at radius 1 is 1.28 bits per heavy atom. The van der Waals surface area contributed by atoms with Crippen LogP contribution in [0.2, 0.25) is 0 Å². The molecule has 0 aliphatic heterocycles. The maximum atomic E-state index is 11.5. The van der Waals surface area contributed by atoms with Crippen molar-refractivity contribution in [1.82, 2.24) is 4.72 Å². The maximum Gasteiger partial charge on any atom is 0.311 e. The van der Waals surface area contributed by atoms with Crippen LogP contribution in [0.1, 0.15) is 46.5 Å². The Kier molecular flexibility index (Phi) is 5.16. The van der Waals surface area contributed by atoms with Gasteiger partial charge in [0.25, 0.3) is 0 Å². The lowest BCUT2D eigenvalue weighted by Crippen LogP contribution is -2.28. The van der Waals surface area contributed by atoms with Crippen molar-refractivity contribution < 1.29 is 17.9 Å². The van der Waals surface area contributed by atoms with Crippen LogP contribution >= 0.6 is 0 Å². The third-order valence-corrected chi connectivity index (χ3v) is 4.10. The molecule has 0 spiro atoms. The Hall–Kier alpha value is -0.620. The molecule has 1 N–H and O–H groups in total. The zero-order valence-electron chi connectivity index (χ0n) is 11.4. The van der Waals surface area contributed by atoms with Crippen molar-refractivity contribution in [2.45, 2.75) is 52.5 Å². The van der Waals surface area contributed by atoms with E-state index in [1.807, 2.05) is 0 Å². The van der Waals surface area contributed by atoms with Crippen LogP contribution in [0.3, 0.4) is 0 Å². The first kappa shape index (κ1) is 15.4. The van der Waals surface area contributed by atoms with Crippen LogP contribution in [0.4, 0.5) is 0 Å². The molecular weight excluding hydrogens is 254 g/mol. The molecule has 0 aromatic rings. The van der Waals surface area contributed by atoms with E-state index in [1.165, 1.54) is 0 Å². The lowest BCUT2D eigenvalue weighted by atomic mass is 9.97. The van der Waals surface area contributed by atoms with Crippen LogP contribution in [-0.2, 0) is 19.6 Å². The molecular formula is C12H23NO4S. The van der Waals surface area contributed by atoms with E-state index in [9.17, 15) is 13.2 Å². The van der Waals surface area contributed by atoms with Crippen LogP contribution in [0.25, 0.3) is 0 Å².